The molecule has 1 aliphatic heterocycles. The van der Waals surface area contributed by atoms with Crippen molar-refractivity contribution in [2.75, 3.05) is 14.2 Å². The zero-order chi connectivity index (χ0) is 20.9. The molecule has 0 amide bonds. The molecule has 1 fully saturated rings. The Balaban J connectivity index is 1.78. The molecule has 3 atom stereocenters. The number of fused-ring (bicyclic) bond motifs is 3. The van der Waals surface area contributed by atoms with Gasteiger partial charge in [-0.05, 0) is 36.1 Å². The fraction of sp³-hybridized carbons (Fsp3) is 0.292. The van der Waals surface area contributed by atoms with Gasteiger partial charge in [-0.3, -0.25) is 0 Å². The van der Waals surface area contributed by atoms with Gasteiger partial charge < -0.3 is 19.3 Å². The van der Waals surface area contributed by atoms with E-state index in [0.717, 1.165) is 22.0 Å². The van der Waals surface area contributed by atoms with Crippen LogP contribution >= 0.6 is 15.9 Å². The van der Waals surface area contributed by atoms with Crippen LogP contribution in [0.2, 0.25) is 0 Å². The zero-order valence-electron chi connectivity index (χ0n) is 16.8. The van der Waals surface area contributed by atoms with E-state index in [1.165, 1.54) is 0 Å². The monoisotopic (exact) mass is 467 g/mol. The van der Waals surface area contributed by atoms with Crippen LogP contribution in [0, 0.1) is 0 Å². The second-order valence-corrected chi connectivity index (χ2v) is 8.67. The molecule has 6 heteroatoms. The number of hydrogen-bond donors (Lipinski definition) is 1. The maximum atomic E-state index is 12.3. The molecule has 0 bridgehead atoms. The van der Waals surface area contributed by atoms with Gasteiger partial charge >= 0.3 is 0 Å². The van der Waals surface area contributed by atoms with Gasteiger partial charge in [0.2, 0.25) is 11.8 Å². The Morgan fingerprint density at radius 2 is 1.80 bits per heavy atom. The molecule has 5 rings (SSSR count). The molecule has 2 heterocycles. The quantitative estimate of drug-likeness (QED) is 0.590. The minimum Gasteiger partial charge on any atom is -0.481 e. The standard InChI is InChI=1S/C24H22BrNO4/c1-28-20-14-19-21(22(26-20)29-2)23(27)13-12-18(15-6-4-3-5-7-15)24(23,30-19)16-8-10-17(25)11-9-16/h3-11,14,18,27H,12-13H2,1-2H3. The van der Waals surface area contributed by atoms with E-state index in [2.05, 4.69) is 33.0 Å². The summed E-state index contributed by atoms with van der Waals surface area (Å²) in [6, 6.07) is 20.0. The highest BCUT2D eigenvalue weighted by Crippen LogP contribution is 2.68. The number of ether oxygens (including phenoxy) is 3. The molecule has 3 aromatic rings. The highest BCUT2D eigenvalue weighted by Gasteiger charge is 2.69. The summed E-state index contributed by atoms with van der Waals surface area (Å²) in [6.45, 7) is 0. The van der Waals surface area contributed by atoms with Gasteiger partial charge in [0, 0.05) is 16.5 Å². The predicted molar refractivity (Wildman–Crippen MR) is 116 cm³/mol. The van der Waals surface area contributed by atoms with Crippen LogP contribution in [0.25, 0.3) is 0 Å². The predicted octanol–water partition coefficient (Wildman–Crippen LogP) is 4.91. The third-order valence-electron chi connectivity index (χ3n) is 6.39. The van der Waals surface area contributed by atoms with Crippen LogP contribution in [0.4, 0.5) is 0 Å². The molecule has 3 unspecified atom stereocenters. The first-order valence-electron chi connectivity index (χ1n) is 9.89. The molecule has 30 heavy (non-hydrogen) atoms. The SMILES string of the molecule is COc1cc2c(c(OC)n1)C1(O)CCC(c3ccccc3)C1(c1ccc(Br)cc1)O2. The van der Waals surface area contributed by atoms with E-state index in [0.29, 0.717) is 29.5 Å². The molecule has 2 aliphatic rings. The van der Waals surface area contributed by atoms with Crippen molar-refractivity contribution in [3.8, 4) is 17.5 Å². The van der Waals surface area contributed by atoms with Crippen molar-refractivity contribution in [1.82, 2.24) is 4.98 Å². The summed E-state index contributed by atoms with van der Waals surface area (Å²) in [5, 5.41) is 12.3. The highest BCUT2D eigenvalue weighted by atomic mass is 79.9. The Bertz CT molecular complexity index is 1090. The van der Waals surface area contributed by atoms with Crippen molar-refractivity contribution < 1.29 is 19.3 Å². The number of methoxy groups -OCH3 is 2. The molecule has 0 saturated heterocycles. The maximum Gasteiger partial charge on any atom is 0.226 e. The molecular weight excluding hydrogens is 446 g/mol. The summed E-state index contributed by atoms with van der Waals surface area (Å²) >= 11 is 3.52. The van der Waals surface area contributed by atoms with E-state index in [1.54, 1.807) is 20.3 Å². The molecule has 2 aromatic carbocycles. The number of benzene rings is 2. The number of aromatic nitrogens is 1. The molecule has 0 spiro atoms. The van der Waals surface area contributed by atoms with E-state index < -0.39 is 11.2 Å². The van der Waals surface area contributed by atoms with Crippen LogP contribution in [0.15, 0.2) is 65.1 Å². The van der Waals surface area contributed by atoms with Gasteiger partial charge in [0.05, 0.1) is 19.8 Å². The van der Waals surface area contributed by atoms with Crippen LogP contribution in [-0.2, 0) is 11.2 Å². The van der Waals surface area contributed by atoms with Crippen LogP contribution in [-0.4, -0.2) is 24.3 Å². The number of pyridine rings is 1. The average molecular weight is 468 g/mol. The van der Waals surface area contributed by atoms with Gasteiger partial charge in [0.15, 0.2) is 5.60 Å². The number of rotatable bonds is 4. The van der Waals surface area contributed by atoms with E-state index in [-0.39, 0.29) is 5.92 Å². The minimum atomic E-state index is -1.29. The van der Waals surface area contributed by atoms with Gasteiger partial charge in [-0.25, -0.2) is 0 Å². The number of aliphatic hydroxyl groups is 1. The molecule has 154 valence electrons. The zero-order valence-corrected chi connectivity index (χ0v) is 18.3. The molecule has 1 N–H and O–H groups in total. The summed E-state index contributed by atoms with van der Waals surface area (Å²) < 4.78 is 18.6. The summed E-state index contributed by atoms with van der Waals surface area (Å²) in [5.74, 6) is 1.22. The number of halogens is 1. The lowest BCUT2D eigenvalue weighted by molar-refractivity contribution is -0.106. The van der Waals surface area contributed by atoms with Crippen molar-refractivity contribution in [3.63, 3.8) is 0 Å². The van der Waals surface area contributed by atoms with Gasteiger partial charge in [0.25, 0.3) is 0 Å². The fourth-order valence-electron chi connectivity index (χ4n) is 5.14. The largest absolute Gasteiger partial charge is 0.481 e. The van der Waals surface area contributed by atoms with E-state index in [9.17, 15) is 5.11 Å². The van der Waals surface area contributed by atoms with E-state index in [4.69, 9.17) is 14.2 Å². The lowest BCUT2D eigenvalue weighted by Crippen LogP contribution is -2.48. The average Bonchev–Trinajstić information content (AvgIpc) is 3.21. The summed E-state index contributed by atoms with van der Waals surface area (Å²) in [4.78, 5) is 4.43. The molecular formula is C24H22BrNO4. The second kappa shape index (κ2) is 7.00. The molecule has 1 aromatic heterocycles. The number of hydrogen-bond acceptors (Lipinski definition) is 5. The van der Waals surface area contributed by atoms with Crippen molar-refractivity contribution in [2.24, 2.45) is 0 Å². The third-order valence-corrected chi connectivity index (χ3v) is 6.92. The maximum absolute atomic E-state index is 12.3. The Hall–Kier alpha value is -2.57. The Kier molecular flexibility index (Phi) is 4.52. The lowest BCUT2D eigenvalue weighted by atomic mass is 9.72. The highest BCUT2D eigenvalue weighted by molar-refractivity contribution is 9.10. The van der Waals surface area contributed by atoms with Crippen molar-refractivity contribution in [2.45, 2.75) is 30.0 Å². The van der Waals surface area contributed by atoms with Gasteiger partial charge in [-0.1, -0.05) is 58.4 Å². The third kappa shape index (κ3) is 2.53. The topological polar surface area (TPSA) is 60.8 Å². The van der Waals surface area contributed by atoms with E-state index >= 15 is 0 Å². The van der Waals surface area contributed by atoms with Crippen LogP contribution < -0.4 is 14.2 Å². The molecule has 1 aliphatic carbocycles. The molecule has 5 nitrogen and oxygen atoms in total. The lowest BCUT2D eigenvalue weighted by Gasteiger charge is -2.40. The number of nitrogens with zero attached hydrogens (tertiary/aromatic N) is 1. The van der Waals surface area contributed by atoms with Gasteiger partial charge in [0.1, 0.15) is 11.4 Å². The Morgan fingerprint density at radius 3 is 2.47 bits per heavy atom. The summed E-state index contributed by atoms with van der Waals surface area (Å²) in [6.07, 6.45) is 1.30. The summed E-state index contributed by atoms with van der Waals surface area (Å²) in [5.41, 5.74) is 0.340. The van der Waals surface area contributed by atoms with Crippen molar-refractivity contribution in [1.29, 1.82) is 0 Å². The first-order valence-corrected chi connectivity index (χ1v) is 10.7. The van der Waals surface area contributed by atoms with Crippen LogP contribution in [0.3, 0.4) is 0 Å². The van der Waals surface area contributed by atoms with Crippen molar-refractivity contribution >= 4 is 15.9 Å². The first kappa shape index (κ1) is 19.4. The van der Waals surface area contributed by atoms with Crippen molar-refractivity contribution in [3.05, 3.63) is 81.8 Å². The summed E-state index contributed by atoms with van der Waals surface area (Å²) in [7, 11) is 3.10. The van der Waals surface area contributed by atoms with Gasteiger partial charge in [-0.15, -0.1) is 0 Å². The first-order chi connectivity index (χ1) is 14.5. The minimum absolute atomic E-state index is 0.0482. The smallest absolute Gasteiger partial charge is 0.226 e. The van der Waals surface area contributed by atoms with Gasteiger partial charge in [-0.2, -0.15) is 4.98 Å². The second-order valence-electron chi connectivity index (χ2n) is 7.75. The Morgan fingerprint density at radius 1 is 1.07 bits per heavy atom. The molecule has 0 radical (unpaired) electrons. The van der Waals surface area contributed by atoms with Crippen LogP contribution in [0.1, 0.15) is 35.4 Å². The Labute approximate surface area is 183 Å². The normalized spacial score (nSPS) is 26.6. The van der Waals surface area contributed by atoms with Crippen LogP contribution in [0.5, 0.6) is 17.5 Å². The fourth-order valence-corrected chi connectivity index (χ4v) is 5.41. The molecule has 1 saturated carbocycles. The van der Waals surface area contributed by atoms with E-state index in [1.807, 2.05) is 42.5 Å².